The second-order valence-corrected chi connectivity index (χ2v) is 3.64. The highest BCUT2D eigenvalue weighted by molar-refractivity contribution is 5.88. The van der Waals surface area contributed by atoms with Gasteiger partial charge in [-0.25, -0.2) is 0 Å². The van der Waals surface area contributed by atoms with Crippen LogP contribution in [0.2, 0.25) is 0 Å². The van der Waals surface area contributed by atoms with Crippen molar-refractivity contribution < 1.29 is 14.3 Å². The molecule has 3 nitrogen and oxygen atoms in total. The molecule has 2 aliphatic carbocycles. The second kappa shape index (κ2) is 2.57. The van der Waals surface area contributed by atoms with Gasteiger partial charge in [-0.2, -0.15) is 0 Å². The van der Waals surface area contributed by atoms with Gasteiger partial charge in [0.05, 0.1) is 13.0 Å². The number of hydrogen-bond acceptors (Lipinski definition) is 3. The Balaban J connectivity index is 2.01. The van der Waals surface area contributed by atoms with E-state index in [9.17, 15) is 9.59 Å². The third kappa shape index (κ3) is 0.886. The lowest BCUT2D eigenvalue weighted by molar-refractivity contribution is -0.154. The molecule has 0 amide bonds. The minimum Gasteiger partial charge on any atom is -0.469 e. The number of ether oxygens (including phenoxy) is 1. The summed E-state index contributed by atoms with van der Waals surface area (Å²) in [6, 6.07) is 0. The third-order valence-corrected chi connectivity index (χ3v) is 3.18. The monoisotopic (exact) mass is 168 g/mol. The van der Waals surface area contributed by atoms with Crippen molar-refractivity contribution in [3.63, 3.8) is 0 Å². The molecule has 3 heteroatoms. The molecular formula is C9H12O3. The van der Waals surface area contributed by atoms with Crippen molar-refractivity contribution in [2.75, 3.05) is 7.11 Å². The molecule has 2 saturated carbocycles. The van der Waals surface area contributed by atoms with Gasteiger partial charge in [0, 0.05) is 12.3 Å². The second-order valence-electron chi connectivity index (χ2n) is 3.64. The van der Waals surface area contributed by atoms with Gasteiger partial charge in [-0.05, 0) is 18.8 Å². The van der Waals surface area contributed by atoms with E-state index in [1.807, 2.05) is 0 Å². The van der Waals surface area contributed by atoms with Crippen LogP contribution in [-0.2, 0) is 14.3 Å². The quantitative estimate of drug-likeness (QED) is 0.543. The first kappa shape index (κ1) is 7.77. The lowest BCUT2D eigenvalue weighted by atomic mass is 9.66. The van der Waals surface area contributed by atoms with Gasteiger partial charge >= 0.3 is 5.97 Å². The van der Waals surface area contributed by atoms with Crippen LogP contribution in [0.4, 0.5) is 0 Å². The van der Waals surface area contributed by atoms with Crippen LogP contribution < -0.4 is 0 Å². The largest absolute Gasteiger partial charge is 0.469 e. The van der Waals surface area contributed by atoms with Crippen LogP contribution >= 0.6 is 0 Å². The summed E-state index contributed by atoms with van der Waals surface area (Å²) in [5, 5.41) is 0. The van der Waals surface area contributed by atoms with Gasteiger partial charge in [0.2, 0.25) is 0 Å². The van der Waals surface area contributed by atoms with Crippen LogP contribution in [0.1, 0.15) is 19.3 Å². The third-order valence-electron chi connectivity index (χ3n) is 3.18. The number of esters is 1. The average molecular weight is 168 g/mol. The number of carbonyl (C=O) groups is 2. The van der Waals surface area contributed by atoms with E-state index >= 15 is 0 Å². The number of carbonyl (C=O) groups excluding carboxylic acids is 2. The van der Waals surface area contributed by atoms with E-state index in [-0.39, 0.29) is 17.8 Å². The zero-order chi connectivity index (χ0) is 8.72. The lowest BCUT2D eigenvalue weighted by Crippen LogP contribution is -2.41. The molecular weight excluding hydrogens is 156 g/mol. The molecule has 0 heterocycles. The van der Waals surface area contributed by atoms with E-state index in [4.69, 9.17) is 0 Å². The van der Waals surface area contributed by atoms with Gasteiger partial charge in [0.15, 0.2) is 0 Å². The van der Waals surface area contributed by atoms with Crippen LogP contribution in [0.25, 0.3) is 0 Å². The van der Waals surface area contributed by atoms with Crippen molar-refractivity contribution in [2.45, 2.75) is 19.3 Å². The van der Waals surface area contributed by atoms with Gasteiger partial charge < -0.3 is 4.74 Å². The van der Waals surface area contributed by atoms with Crippen LogP contribution in [0.5, 0.6) is 0 Å². The van der Waals surface area contributed by atoms with Crippen LogP contribution in [0.15, 0.2) is 0 Å². The molecule has 0 aromatic heterocycles. The molecule has 0 bridgehead atoms. The highest BCUT2D eigenvalue weighted by Crippen LogP contribution is 2.49. The number of methoxy groups -OCH3 is 1. The van der Waals surface area contributed by atoms with E-state index < -0.39 is 0 Å². The highest BCUT2D eigenvalue weighted by Gasteiger charge is 2.52. The summed E-state index contributed by atoms with van der Waals surface area (Å²) < 4.78 is 4.65. The van der Waals surface area contributed by atoms with Crippen molar-refractivity contribution in [2.24, 2.45) is 17.8 Å². The minimum atomic E-state index is -0.133. The molecule has 0 aromatic carbocycles. The molecule has 66 valence electrons. The zero-order valence-corrected chi connectivity index (χ0v) is 7.08. The predicted molar refractivity (Wildman–Crippen MR) is 41.3 cm³/mol. The summed E-state index contributed by atoms with van der Waals surface area (Å²) in [5.74, 6) is 0.733. The van der Waals surface area contributed by atoms with Crippen molar-refractivity contribution in [3.05, 3.63) is 0 Å². The van der Waals surface area contributed by atoms with E-state index in [1.54, 1.807) is 0 Å². The van der Waals surface area contributed by atoms with Crippen molar-refractivity contribution >= 4 is 11.8 Å². The Bertz CT molecular complexity index is 234. The molecule has 0 aliphatic heterocycles. The lowest BCUT2D eigenvalue weighted by Gasteiger charge is -2.36. The summed E-state index contributed by atoms with van der Waals surface area (Å²) in [5.41, 5.74) is 0. The average Bonchev–Trinajstić information content (AvgIpc) is 2.27. The number of Topliss-reactive ketones (excluding diaryl/α,β-unsaturated/α-hetero) is 1. The molecule has 3 unspecified atom stereocenters. The fourth-order valence-electron chi connectivity index (χ4n) is 2.40. The summed E-state index contributed by atoms with van der Waals surface area (Å²) in [7, 11) is 1.41. The van der Waals surface area contributed by atoms with Crippen molar-refractivity contribution in [3.8, 4) is 0 Å². The topological polar surface area (TPSA) is 43.4 Å². The van der Waals surface area contributed by atoms with Crippen LogP contribution in [-0.4, -0.2) is 18.9 Å². The summed E-state index contributed by atoms with van der Waals surface area (Å²) in [6.07, 6.45) is 2.29. The molecule has 2 aliphatic rings. The maximum absolute atomic E-state index is 11.1. The standard InChI is InChI=1S/C9H12O3/c1-12-9(11)7-4-6-5(7)2-3-8(6)10/h5-7H,2-4H2,1H3. The molecule has 0 radical (unpaired) electrons. The fourth-order valence-corrected chi connectivity index (χ4v) is 2.40. The molecule has 0 saturated heterocycles. The molecule has 3 atom stereocenters. The fraction of sp³-hybridized carbons (Fsp3) is 0.778. The normalized spacial score (nSPS) is 38.8. The smallest absolute Gasteiger partial charge is 0.308 e. The van der Waals surface area contributed by atoms with Gasteiger partial charge in [-0.15, -0.1) is 0 Å². The number of hydrogen-bond donors (Lipinski definition) is 0. The zero-order valence-electron chi connectivity index (χ0n) is 7.08. The Morgan fingerprint density at radius 3 is 2.92 bits per heavy atom. The first-order valence-corrected chi connectivity index (χ1v) is 4.34. The Labute approximate surface area is 71.1 Å². The number of rotatable bonds is 1. The Hall–Kier alpha value is -0.860. The minimum absolute atomic E-state index is 0.0199. The van der Waals surface area contributed by atoms with E-state index in [0.29, 0.717) is 18.1 Å². The summed E-state index contributed by atoms with van der Waals surface area (Å²) >= 11 is 0. The van der Waals surface area contributed by atoms with Gasteiger partial charge in [0.25, 0.3) is 0 Å². The van der Waals surface area contributed by atoms with Crippen molar-refractivity contribution in [1.29, 1.82) is 0 Å². The number of fused-ring (bicyclic) bond motifs is 1. The Kier molecular flexibility index (Phi) is 1.67. The summed E-state index contributed by atoms with van der Waals surface area (Å²) in [4.78, 5) is 22.2. The molecule has 0 aromatic rings. The molecule has 0 N–H and O–H groups in total. The van der Waals surface area contributed by atoms with Gasteiger partial charge in [-0.3, -0.25) is 9.59 Å². The van der Waals surface area contributed by atoms with Crippen LogP contribution in [0, 0.1) is 17.8 Å². The first-order chi connectivity index (χ1) is 5.74. The van der Waals surface area contributed by atoms with Gasteiger partial charge in [-0.1, -0.05) is 0 Å². The predicted octanol–water partition coefficient (Wildman–Crippen LogP) is 0.775. The maximum atomic E-state index is 11.1. The van der Waals surface area contributed by atoms with Crippen LogP contribution in [0.3, 0.4) is 0 Å². The van der Waals surface area contributed by atoms with E-state index in [0.717, 1.165) is 12.8 Å². The highest BCUT2D eigenvalue weighted by atomic mass is 16.5. The first-order valence-electron chi connectivity index (χ1n) is 4.34. The van der Waals surface area contributed by atoms with Gasteiger partial charge in [0.1, 0.15) is 5.78 Å². The Morgan fingerprint density at radius 2 is 2.33 bits per heavy atom. The van der Waals surface area contributed by atoms with E-state index in [1.165, 1.54) is 7.11 Å². The SMILES string of the molecule is COC(=O)C1CC2C(=O)CCC21. The summed E-state index contributed by atoms with van der Waals surface area (Å²) in [6.45, 7) is 0. The molecule has 2 rings (SSSR count). The van der Waals surface area contributed by atoms with E-state index in [2.05, 4.69) is 4.74 Å². The maximum Gasteiger partial charge on any atom is 0.308 e. The van der Waals surface area contributed by atoms with Crippen molar-refractivity contribution in [1.82, 2.24) is 0 Å². The molecule has 0 spiro atoms. The number of ketones is 1. The molecule has 12 heavy (non-hydrogen) atoms. The Morgan fingerprint density at radius 1 is 1.58 bits per heavy atom. The molecule has 2 fully saturated rings.